The molecule has 1 atom stereocenters. The fourth-order valence-electron chi connectivity index (χ4n) is 1.53. The quantitative estimate of drug-likeness (QED) is 0.563. The van der Waals surface area contributed by atoms with E-state index in [0.717, 1.165) is 0 Å². The highest BCUT2D eigenvalue weighted by atomic mass is 14.9. The van der Waals surface area contributed by atoms with Crippen LogP contribution in [0.4, 0.5) is 0 Å². The molecule has 0 spiro atoms. The molecule has 78 valence electrons. The first-order valence-corrected chi connectivity index (χ1v) is 5.72. The molecule has 1 nitrogen and oxygen atoms in total. The van der Waals surface area contributed by atoms with Crippen LogP contribution in [0.15, 0.2) is 12.3 Å². The molecule has 0 aliphatic heterocycles. The van der Waals surface area contributed by atoms with Crippen molar-refractivity contribution in [2.75, 3.05) is 0 Å². The lowest BCUT2D eigenvalue weighted by atomic mass is 10.0. The third kappa shape index (κ3) is 7.89. The van der Waals surface area contributed by atoms with Crippen molar-refractivity contribution in [3.8, 4) is 0 Å². The summed E-state index contributed by atoms with van der Waals surface area (Å²) in [6.45, 7) is 6.57. The molecule has 1 unspecified atom stereocenters. The van der Waals surface area contributed by atoms with E-state index in [9.17, 15) is 0 Å². The van der Waals surface area contributed by atoms with Crippen LogP contribution in [0.25, 0.3) is 0 Å². The second-order valence-corrected chi connectivity index (χ2v) is 3.65. The van der Waals surface area contributed by atoms with Crippen molar-refractivity contribution in [3.63, 3.8) is 0 Å². The van der Waals surface area contributed by atoms with Crippen LogP contribution in [0.1, 0.15) is 59.3 Å². The van der Waals surface area contributed by atoms with Gasteiger partial charge in [-0.1, -0.05) is 45.6 Å². The van der Waals surface area contributed by atoms with E-state index in [1.54, 1.807) is 0 Å². The van der Waals surface area contributed by atoms with E-state index in [1.165, 1.54) is 38.5 Å². The fourth-order valence-corrected chi connectivity index (χ4v) is 1.53. The molecule has 0 aliphatic carbocycles. The van der Waals surface area contributed by atoms with Gasteiger partial charge >= 0.3 is 0 Å². The minimum Gasteiger partial charge on any atom is -0.388 e. The van der Waals surface area contributed by atoms with Crippen molar-refractivity contribution in [1.29, 1.82) is 0 Å². The maximum atomic E-state index is 3.45. The molecule has 0 saturated heterocycles. The van der Waals surface area contributed by atoms with Crippen LogP contribution in [-0.2, 0) is 0 Å². The second-order valence-electron chi connectivity index (χ2n) is 3.65. The number of unbranched alkanes of at least 4 members (excludes halogenated alkanes) is 2. The van der Waals surface area contributed by atoms with Crippen molar-refractivity contribution in [3.05, 3.63) is 12.3 Å². The van der Waals surface area contributed by atoms with Gasteiger partial charge in [-0.15, -0.1) is 0 Å². The Bertz CT molecular complexity index is 118. The zero-order valence-corrected chi connectivity index (χ0v) is 9.47. The van der Waals surface area contributed by atoms with Crippen LogP contribution < -0.4 is 5.32 Å². The Labute approximate surface area is 83.6 Å². The van der Waals surface area contributed by atoms with Gasteiger partial charge in [-0.3, -0.25) is 0 Å². The molecule has 13 heavy (non-hydrogen) atoms. The molecule has 0 saturated carbocycles. The van der Waals surface area contributed by atoms with Crippen molar-refractivity contribution < 1.29 is 0 Å². The van der Waals surface area contributed by atoms with Crippen molar-refractivity contribution >= 4 is 0 Å². The van der Waals surface area contributed by atoms with Crippen LogP contribution in [0.5, 0.6) is 0 Å². The molecule has 0 rings (SSSR count). The summed E-state index contributed by atoms with van der Waals surface area (Å²) in [4.78, 5) is 0. The molecule has 0 aromatic carbocycles. The zero-order chi connectivity index (χ0) is 9.94. The van der Waals surface area contributed by atoms with Crippen molar-refractivity contribution in [1.82, 2.24) is 5.32 Å². The molecule has 0 bridgehead atoms. The Morgan fingerprint density at radius 3 is 2.38 bits per heavy atom. The van der Waals surface area contributed by atoms with E-state index < -0.39 is 0 Å². The van der Waals surface area contributed by atoms with E-state index in [2.05, 4.69) is 38.4 Å². The van der Waals surface area contributed by atoms with E-state index in [-0.39, 0.29) is 0 Å². The average molecular weight is 183 g/mol. The maximum Gasteiger partial charge on any atom is 0.0255 e. The molecule has 0 radical (unpaired) electrons. The van der Waals surface area contributed by atoms with Gasteiger partial charge in [0, 0.05) is 6.04 Å². The zero-order valence-electron chi connectivity index (χ0n) is 9.47. The lowest BCUT2D eigenvalue weighted by Gasteiger charge is -2.16. The van der Waals surface area contributed by atoms with Gasteiger partial charge < -0.3 is 5.32 Å². The van der Waals surface area contributed by atoms with Crippen LogP contribution in [0.3, 0.4) is 0 Å². The summed E-state index contributed by atoms with van der Waals surface area (Å²) in [5.41, 5.74) is 0. The number of hydrogen-bond acceptors (Lipinski definition) is 1. The Balaban J connectivity index is 3.53. The molecule has 1 heteroatoms. The third-order valence-corrected chi connectivity index (χ3v) is 2.29. The summed E-state index contributed by atoms with van der Waals surface area (Å²) in [6.07, 6.45) is 12.1. The number of rotatable bonds is 8. The summed E-state index contributed by atoms with van der Waals surface area (Å²) < 4.78 is 0. The molecule has 0 aromatic rings. The second kappa shape index (κ2) is 9.63. The monoisotopic (exact) mass is 183 g/mol. The lowest BCUT2D eigenvalue weighted by Crippen LogP contribution is -2.23. The molecule has 0 amide bonds. The predicted octanol–water partition coefficient (Wildman–Crippen LogP) is 3.86. The van der Waals surface area contributed by atoms with Gasteiger partial charge in [0.1, 0.15) is 0 Å². The van der Waals surface area contributed by atoms with Crippen molar-refractivity contribution in [2.45, 2.75) is 65.3 Å². The third-order valence-electron chi connectivity index (χ3n) is 2.29. The van der Waals surface area contributed by atoms with Gasteiger partial charge in [0.25, 0.3) is 0 Å². The molecule has 0 aliphatic rings. The Morgan fingerprint density at radius 2 is 1.85 bits per heavy atom. The van der Waals surface area contributed by atoms with Crippen molar-refractivity contribution in [2.24, 2.45) is 0 Å². The van der Waals surface area contributed by atoms with Crippen LogP contribution in [0.2, 0.25) is 0 Å². The highest BCUT2D eigenvalue weighted by molar-refractivity contribution is 4.79. The number of allylic oxidation sites excluding steroid dienone is 1. The van der Waals surface area contributed by atoms with Crippen LogP contribution in [-0.4, -0.2) is 6.04 Å². The van der Waals surface area contributed by atoms with Crippen LogP contribution in [0, 0.1) is 0 Å². The van der Waals surface area contributed by atoms with Gasteiger partial charge in [-0.05, 0) is 26.0 Å². The van der Waals surface area contributed by atoms with E-state index in [4.69, 9.17) is 0 Å². The molecular weight excluding hydrogens is 158 g/mol. The van der Waals surface area contributed by atoms with E-state index in [0.29, 0.717) is 6.04 Å². The summed E-state index contributed by atoms with van der Waals surface area (Å²) in [7, 11) is 0. The molecular formula is C12H25N. The SMILES string of the molecule is CC=CNC(CCC)CCCCC. The number of hydrogen-bond donors (Lipinski definition) is 1. The summed E-state index contributed by atoms with van der Waals surface area (Å²) in [5, 5.41) is 3.45. The first-order valence-electron chi connectivity index (χ1n) is 5.72. The van der Waals surface area contributed by atoms with Gasteiger partial charge in [-0.2, -0.15) is 0 Å². The normalized spacial score (nSPS) is 13.5. The minimum absolute atomic E-state index is 0.702. The van der Waals surface area contributed by atoms with Gasteiger partial charge in [0.05, 0.1) is 0 Å². The molecule has 0 heterocycles. The lowest BCUT2D eigenvalue weighted by molar-refractivity contribution is 0.474. The maximum absolute atomic E-state index is 3.45. The van der Waals surface area contributed by atoms with Crippen LogP contribution >= 0.6 is 0 Å². The Morgan fingerprint density at radius 1 is 1.08 bits per heavy atom. The standard InChI is InChI=1S/C12H25N/c1-4-7-8-10-12(9-5-2)13-11-6-3/h6,11-13H,4-5,7-10H2,1-3H3. The Hall–Kier alpha value is -0.460. The average Bonchev–Trinajstić information content (AvgIpc) is 2.14. The smallest absolute Gasteiger partial charge is 0.0255 e. The van der Waals surface area contributed by atoms with Gasteiger partial charge in [-0.25, -0.2) is 0 Å². The van der Waals surface area contributed by atoms with Gasteiger partial charge in [0.2, 0.25) is 0 Å². The first kappa shape index (κ1) is 12.5. The molecule has 1 N–H and O–H groups in total. The highest BCUT2D eigenvalue weighted by Crippen LogP contribution is 2.08. The number of nitrogens with one attached hydrogen (secondary N) is 1. The summed E-state index contributed by atoms with van der Waals surface area (Å²) in [6, 6.07) is 0.702. The highest BCUT2D eigenvalue weighted by Gasteiger charge is 2.03. The Kier molecular flexibility index (Phi) is 9.29. The summed E-state index contributed by atoms with van der Waals surface area (Å²) in [5.74, 6) is 0. The molecule has 0 fully saturated rings. The first-order chi connectivity index (χ1) is 6.35. The largest absolute Gasteiger partial charge is 0.388 e. The van der Waals surface area contributed by atoms with E-state index >= 15 is 0 Å². The molecule has 0 aromatic heterocycles. The predicted molar refractivity (Wildman–Crippen MR) is 60.8 cm³/mol. The minimum atomic E-state index is 0.702. The van der Waals surface area contributed by atoms with E-state index in [1.807, 2.05) is 0 Å². The topological polar surface area (TPSA) is 12.0 Å². The fraction of sp³-hybridized carbons (Fsp3) is 0.833. The van der Waals surface area contributed by atoms with Gasteiger partial charge in [0.15, 0.2) is 0 Å². The summed E-state index contributed by atoms with van der Waals surface area (Å²) >= 11 is 0.